The summed E-state index contributed by atoms with van der Waals surface area (Å²) < 4.78 is 0. The molecule has 4 heteroatoms. The van der Waals surface area contributed by atoms with Crippen LogP contribution in [0.1, 0.15) is 27.7 Å². The molecule has 0 rings (SSSR count). The van der Waals surface area contributed by atoms with Crippen molar-refractivity contribution in [2.75, 3.05) is 0 Å². The standard InChI is InChI=1S/C8H20N2.2ClH/c1-5(2)7(9)8(10)6(3)4;;/h5-8H,9-10H2,1-4H3;2*1H. The minimum absolute atomic E-state index is 0. The molecule has 0 saturated heterocycles. The fourth-order valence-corrected chi connectivity index (χ4v) is 0.889. The maximum Gasteiger partial charge on any atom is 0.0218 e. The number of hydrogen-bond acceptors (Lipinski definition) is 2. The van der Waals surface area contributed by atoms with E-state index in [-0.39, 0.29) is 36.9 Å². The SMILES string of the molecule is CC(C)C(N)C(N)C(C)C.Cl.Cl. The molecule has 0 aromatic rings. The van der Waals surface area contributed by atoms with E-state index in [4.69, 9.17) is 11.5 Å². The van der Waals surface area contributed by atoms with Gasteiger partial charge >= 0.3 is 0 Å². The van der Waals surface area contributed by atoms with Gasteiger partial charge in [0.05, 0.1) is 0 Å². The van der Waals surface area contributed by atoms with Gasteiger partial charge in [-0.1, -0.05) is 27.7 Å². The molecule has 0 fully saturated rings. The highest BCUT2D eigenvalue weighted by molar-refractivity contribution is 5.85. The lowest BCUT2D eigenvalue weighted by Crippen LogP contribution is -2.47. The third-order valence-corrected chi connectivity index (χ3v) is 1.98. The average molecular weight is 217 g/mol. The third kappa shape index (κ3) is 6.06. The second-order valence-electron chi connectivity index (χ2n) is 3.64. The summed E-state index contributed by atoms with van der Waals surface area (Å²) in [4.78, 5) is 0. The van der Waals surface area contributed by atoms with Crippen molar-refractivity contribution in [2.45, 2.75) is 39.8 Å². The zero-order valence-corrected chi connectivity index (χ0v) is 9.91. The van der Waals surface area contributed by atoms with Crippen molar-refractivity contribution in [3.8, 4) is 0 Å². The third-order valence-electron chi connectivity index (χ3n) is 1.98. The van der Waals surface area contributed by atoms with E-state index < -0.39 is 0 Å². The highest BCUT2D eigenvalue weighted by atomic mass is 35.5. The number of hydrogen-bond donors (Lipinski definition) is 2. The molecule has 12 heavy (non-hydrogen) atoms. The Hall–Kier alpha value is 0.500. The molecular formula is C8H22Cl2N2. The monoisotopic (exact) mass is 216 g/mol. The molecule has 78 valence electrons. The van der Waals surface area contributed by atoms with Crippen molar-refractivity contribution in [3.05, 3.63) is 0 Å². The second-order valence-corrected chi connectivity index (χ2v) is 3.64. The van der Waals surface area contributed by atoms with Crippen LogP contribution in [0.5, 0.6) is 0 Å². The van der Waals surface area contributed by atoms with Gasteiger partial charge in [0.25, 0.3) is 0 Å². The zero-order valence-electron chi connectivity index (χ0n) is 8.28. The van der Waals surface area contributed by atoms with Gasteiger partial charge in [-0.3, -0.25) is 0 Å². The topological polar surface area (TPSA) is 52.0 Å². The molecule has 0 bridgehead atoms. The first-order valence-corrected chi connectivity index (χ1v) is 3.98. The van der Waals surface area contributed by atoms with Crippen molar-refractivity contribution >= 4 is 24.8 Å². The van der Waals surface area contributed by atoms with Crippen LogP contribution in [-0.4, -0.2) is 12.1 Å². The van der Waals surface area contributed by atoms with Gasteiger partial charge in [0.15, 0.2) is 0 Å². The molecule has 2 atom stereocenters. The molecule has 4 N–H and O–H groups in total. The lowest BCUT2D eigenvalue weighted by molar-refractivity contribution is 0.348. The predicted molar refractivity (Wildman–Crippen MR) is 60.1 cm³/mol. The molecule has 0 amide bonds. The van der Waals surface area contributed by atoms with Crippen LogP contribution in [-0.2, 0) is 0 Å². The minimum Gasteiger partial charge on any atom is -0.326 e. The Morgan fingerprint density at radius 3 is 0.917 bits per heavy atom. The van der Waals surface area contributed by atoms with Crippen LogP contribution in [0.25, 0.3) is 0 Å². The van der Waals surface area contributed by atoms with Crippen molar-refractivity contribution in [2.24, 2.45) is 23.3 Å². The van der Waals surface area contributed by atoms with E-state index in [1.54, 1.807) is 0 Å². The van der Waals surface area contributed by atoms with E-state index in [0.29, 0.717) is 11.8 Å². The first-order chi connectivity index (χ1) is 4.46. The smallest absolute Gasteiger partial charge is 0.0218 e. The van der Waals surface area contributed by atoms with Crippen LogP contribution >= 0.6 is 24.8 Å². The van der Waals surface area contributed by atoms with Crippen molar-refractivity contribution in [3.63, 3.8) is 0 Å². The van der Waals surface area contributed by atoms with Crippen molar-refractivity contribution in [1.29, 1.82) is 0 Å². The van der Waals surface area contributed by atoms with Crippen LogP contribution in [0, 0.1) is 11.8 Å². The fraction of sp³-hybridized carbons (Fsp3) is 1.00. The van der Waals surface area contributed by atoms with E-state index in [2.05, 4.69) is 27.7 Å². The molecule has 0 aliphatic heterocycles. The molecule has 0 aliphatic rings. The number of halogens is 2. The van der Waals surface area contributed by atoms with Crippen molar-refractivity contribution < 1.29 is 0 Å². The van der Waals surface area contributed by atoms with Gasteiger partial charge < -0.3 is 11.5 Å². The molecule has 2 unspecified atom stereocenters. The van der Waals surface area contributed by atoms with Crippen molar-refractivity contribution in [1.82, 2.24) is 0 Å². The highest BCUT2D eigenvalue weighted by Gasteiger charge is 2.18. The van der Waals surface area contributed by atoms with Gasteiger partial charge in [0.2, 0.25) is 0 Å². The minimum atomic E-state index is 0. The predicted octanol–water partition coefficient (Wildman–Crippen LogP) is 1.80. The largest absolute Gasteiger partial charge is 0.326 e. The maximum absolute atomic E-state index is 5.84. The first-order valence-electron chi connectivity index (χ1n) is 3.98. The molecule has 0 aliphatic carbocycles. The summed E-state index contributed by atoms with van der Waals surface area (Å²) in [5, 5.41) is 0. The molecule has 0 aromatic heterocycles. The highest BCUT2D eigenvalue weighted by Crippen LogP contribution is 2.08. The summed E-state index contributed by atoms with van der Waals surface area (Å²) in [6.45, 7) is 8.42. The summed E-state index contributed by atoms with van der Waals surface area (Å²) in [7, 11) is 0. The van der Waals surface area contributed by atoms with Gasteiger partial charge in [0, 0.05) is 12.1 Å². The summed E-state index contributed by atoms with van der Waals surface area (Å²) >= 11 is 0. The quantitative estimate of drug-likeness (QED) is 0.757. The van der Waals surface area contributed by atoms with Crippen LogP contribution in [0.3, 0.4) is 0 Å². The Bertz CT molecular complexity index is 85.1. The molecule has 0 aromatic carbocycles. The zero-order chi connectivity index (χ0) is 8.31. The van der Waals surface area contributed by atoms with Gasteiger partial charge in [-0.25, -0.2) is 0 Å². The van der Waals surface area contributed by atoms with E-state index >= 15 is 0 Å². The normalized spacial score (nSPS) is 15.0. The summed E-state index contributed by atoms with van der Waals surface area (Å²) in [6, 6.07) is 0.278. The van der Waals surface area contributed by atoms with Gasteiger partial charge in [-0.05, 0) is 11.8 Å². The Kier molecular flexibility index (Phi) is 12.4. The van der Waals surface area contributed by atoms with Gasteiger partial charge in [-0.2, -0.15) is 0 Å². The van der Waals surface area contributed by atoms with E-state index in [1.165, 1.54) is 0 Å². The molecular weight excluding hydrogens is 195 g/mol. The molecule has 0 saturated carbocycles. The fourth-order valence-electron chi connectivity index (χ4n) is 0.889. The van der Waals surface area contributed by atoms with E-state index in [1.807, 2.05) is 0 Å². The average Bonchev–Trinajstić information content (AvgIpc) is 1.84. The molecule has 0 radical (unpaired) electrons. The van der Waals surface area contributed by atoms with Gasteiger partial charge in [-0.15, -0.1) is 24.8 Å². The van der Waals surface area contributed by atoms with Crippen LogP contribution in [0.15, 0.2) is 0 Å². The lowest BCUT2D eigenvalue weighted by atomic mass is 9.90. The van der Waals surface area contributed by atoms with Crippen LogP contribution in [0.4, 0.5) is 0 Å². The Labute approximate surface area is 88.3 Å². The second kappa shape index (κ2) is 8.11. The molecule has 0 heterocycles. The van der Waals surface area contributed by atoms with Crippen LogP contribution in [0.2, 0.25) is 0 Å². The Morgan fingerprint density at radius 2 is 0.833 bits per heavy atom. The van der Waals surface area contributed by atoms with Crippen LogP contribution < -0.4 is 11.5 Å². The number of rotatable bonds is 3. The first kappa shape index (κ1) is 18.3. The Morgan fingerprint density at radius 1 is 0.667 bits per heavy atom. The summed E-state index contributed by atoms with van der Waals surface area (Å²) in [5.74, 6) is 0.967. The number of nitrogens with two attached hydrogens (primary N) is 2. The Balaban J connectivity index is -0.000000405. The summed E-state index contributed by atoms with van der Waals surface area (Å²) in [5.41, 5.74) is 11.7. The maximum atomic E-state index is 5.84. The molecule has 0 spiro atoms. The van der Waals surface area contributed by atoms with E-state index in [9.17, 15) is 0 Å². The molecule has 2 nitrogen and oxygen atoms in total. The summed E-state index contributed by atoms with van der Waals surface area (Å²) in [6.07, 6.45) is 0. The lowest BCUT2D eigenvalue weighted by Gasteiger charge is -2.26. The van der Waals surface area contributed by atoms with Gasteiger partial charge in [0.1, 0.15) is 0 Å². The van der Waals surface area contributed by atoms with E-state index in [0.717, 1.165) is 0 Å².